The lowest BCUT2D eigenvalue weighted by Gasteiger charge is -2.46. The fourth-order valence-corrected chi connectivity index (χ4v) is 5.03. The molecule has 8 heteroatoms. The third-order valence-electron chi connectivity index (χ3n) is 6.57. The first kappa shape index (κ1) is 19.9. The van der Waals surface area contributed by atoms with Crippen LogP contribution in [0.2, 0.25) is 0 Å². The maximum atomic E-state index is 13.4. The van der Waals surface area contributed by atoms with Crippen LogP contribution in [0.25, 0.3) is 0 Å². The van der Waals surface area contributed by atoms with E-state index in [-0.39, 0.29) is 12.1 Å². The van der Waals surface area contributed by atoms with Gasteiger partial charge in [-0.15, -0.1) is 0 Å². The van der Waals surface area contributed by atoms with E-state index in [0.29, 0.717) is 17.4 Å². The number of hydrogen-bond donors (Lipinski definition) is 1. The van der Waals surface area contributed by atoms with Crippen LogP contribution in [0, 0.1) is 5.92 Å². The molecular weight excluding hydrogens is 392 g/mol. The van der Waals surface area contributed by atoms with E-state index < -0.39 is 0 Å². The summed E-state index contributed by atoms with van der Waals surface area (Å²) in [5.41, 5.74) is 1.66. The molecule has 3 aliphatic heterocycles. The summed E-state index contributed by atoms with van der Waals surface area (Å²) in [6, 6.07) is 5.99. The molecule has 8 nitrogen and oxygen atoms in total. The maximum absolute atomic E-state index is 13.4. The Kier molecular flexibility index (Phi) is 5.29. The smallest absolute Gasteiger partial charge is 0.327 e. The summed E-state index contributed by atoms with van der Waals surface area (Å²) >= 11 is 0. The average molecular weight is 423 g/mol. The number of urea groups is 1. The SMILES string of the molecule is COc1cncc(NC(=O)N2c3nc(N4CCCC(C)C4)ccc3N3CCC[C@@H]2C3)c1. The maximum Gasteiger partial charge on any atom is 0.327 e. The van der Waals surface area contributed by atoms with Crippen LogP contribution in [0.3, 0.4) is 0 Å². The summed E-state index contributed by atoms with van der Waals surface area (Å²) in [6.45, 7) is 6.19. The molecule has 2 aromatic rings. The second-order valence-corrected chi connectivity index (χ2v) is 8.86. The van der Waals surface area contributed by atoms with Crippen LogP contribution in [-0.2, 0) is 0 Å². The first-order chi connectivity index (χ1) is 15.1. The van der Waals surface area contributed by atoms with Gasteiger partial charge >= 0.3 is 6.03 Å². The first-order valence-corrected chi connectivity index (χ1v) is 11.2. The Hall–Kier alpha value is -3.03. The molecule has 31 heavy (non-hydrogen) atoms. The van der Waals surface area contributed by atoms with E-state index in [1.165, 1.54) is 12.8 Å². The molecule has 2 atom stereocenters. The van der Waals surface area contributed by atoms with Gasteiger partial charge in [-0.3, -0.25) is 9.88 Å². The number of aromatic nitrogens is 2. The van der Waals surface area contributed by atoms with Gasteiger partial charge in [-0.05, 0) is 43.7 Å². The van der Waals surface area contributed by atoms with Crippen LogP contribution in [0.5, 0.6) is 5.75 Å². The first-order valence-electron chi connectivity index (χ1n) is 11.2. The van der Waals surface area contributed by atoms with Crippen molar-refractivity contribution in [1.29, 1.82) is 0 Å². The molecule has 2 saturated heterocycles. The quantitative estimate of drug-likeness (QED) is 0.812. The second-order valence-electron chi connectivity index (χ2n) is 8.86. The fourth-order valence-electron chi connectivity index (χ4n) is 5.03. The van der Waals surface area contributed by atoms with Gasteiger partial charge in [-0.2, -0.15) is 0 Å². The van der Waals surface area contributed by atoms with Gasteiger partial charge in [0.2, 0.25) is 0 Å². The van der Waals surface area contributed by atoms with Crippen molar-refractivity contribution < 1.29 is 9.53 Å². The van der Waals surface area contributed by atoms with Crippen molar-refractivity contribution in [2.24, 2.45) is 5.92 Å². The van der Waals surface area contributed by atoms with Crippen LogP contribution in [0.4, 0.5) is 27.8 Å². The number of carbonyl (C=O) groups is 1. The zero-order chi connectivity index (χ0) is 21.4. The number of methoxy groups -OCH3 is 1. The number of fused-ring (bicyclic) bond motifs is 4. The Morgan fingerprint density at radius 1 is 1.13 bits per heavy atom. The standard InChI is InChI=1S/C23H30N6O2/c1-16-5-3-10-28(14-16)21-8-7-20-22(26-21)29(18-6-4-9-27(20)15-18)23(30)25-17-11-19(31-2)13-24-12-17/h7-8,11-13,16,18H,3-6,9-10,14-15H2,1-2H3,(H,25,30)/t16?,18-/m1/s1. The van der Waals surface area contributed by atoms with Crippen LogP contribution in [0.15, 0.2) is 30.6 Å². The summed E-state index contributed by atoms with van der Waals surface area (Å²) < 4.78 is 5.24. The minimum atomic E-state index is -0.167. The van der Waals surface area contributed by atoms with Crippen molar-refractivity contribution in [1.82, 2.24) is 9.97 Å². The number of anilines is 4. The summed E-state index contributed by atoms with van der Waals surface area (Å²) in [6.07, 6.45) is 7.75. The zero-order valence-electron chi connectivity index (χ0n) is 18.3. The van der Waals surface area contributed by atoms with E-state index in [4.69, 9.17) is 9.72 Å². The van der Waals surface area contributed by atoms with Gasteiger partial charge in [0.25, 0.3) is 0 Å². The largest absolute Gasteiger partial charge is 0.495 e. The monoisotopic (exact) mass is 422 g/mol. The molecule has 164 valence electrons. The number of piperidine rings is 2. The molecule has 1 unspecified atom stereocenters. The Balaban J connectivity index is 1.47. The molecule has 2 aromatic heterocycles. The Morgan fingerprint density at radius 2 is 1.97 bits per heavy atom. The second kappa shape index (κ2) is 8.24. The summed E-state index contributed by atoms with van der Waals surface area (Å²) in [4.78, 5) is 29.2. The third-order valence-corrected chi connectivity index (χ3v) is 6.57. The lowest BCUT2D eigenvalue weighted by Crippen LogP contribution is -2.56. The third kappa shape index (κ3) is 3.86. The normalized spacial score (nSPS) is 22.7. The van der Waals surface area contributed by atoms with Gasteiger partial charge in [-0.1, -0.05) is 6.92 Å². The summed E-state index contributed by atoms with van der Waals surface area (Å²) in [7, 11) is 1.59. The predicted octanol–water partition coefficient (Wildman–Crippen LogP) is 3.74. The van der Waals surface area contributed by atoms with Crippen LogP contribution < -0.4 is 24.8 Å². The van der Waals surface area contributed by atoms with Crippen molar-refractivity contribution in [3.63, 3.8) is 0 Å². The Bertz CT molecular complexity index is 967. The van der Waals surface area contributed by atoms with E-state index in [1.807, 2.05) is 4.90 Å². The average Bonchev–Trinajstić information content (AvgIpc) is 2.79. The molecule has 0 radical (unpaired) electrons. The molecule has 0 aromatic carbocycles. The molecule has 0 spiro atoms. The van der Waals surface area contributed by atoms with Gasteiger partial charge in [-0.25, -0.2) is 9.78 Å². The molecule has 5 heterocycles. The highest BCUT2D eigenvalue weighted by atomic mass is 16.5. The van der Waals surface area contributed by atoms with Crippen molar-refractivity contribution in [3.8, 4) is 5.75 Å². The van der Waals surface area contributed by atoms with Gasteiger partial charge in [0.1, 0.15) is 11.6 Å². The van der Waals surface area contributed by atoms with Gasteiger partial charge < -0.3 is 19.9 Å². The molecule has 0 saturated carbocycles. The minimum absolute atomic E-state index is 0.114. The van der Waals surface area contributed by atoms with Crippen molar-refractivity contribution >= 4 is 29.0 Å². The van der Waals surface area contributed by atoms with Crippen LogP contribution >= 0.6 is 0 Å². The summed E-state index contributed by atoms with van der Waals surface area (Å²) in [5, 5.41) is 3.01. The predicted molar refractivity (Wildman–Crippen MR) is 122 cm³/mol. The number of amides is 2. The number of ether oxygens (including phenoxy) is 1. The highest BCUT2D eigenvalue weighted by molar-refractivity contribution is 6.04. The van der Waals surface area contributed by atoms with Crippen LogP contribution in [0.1, 0.15) is 32.6 Å². The van der Waals surface area contributed by atoms with Crippen LogP contribution in [-0.4, -0.2) is 55.3 Å². The lowest BCUT2D eigenvalue weighted by atomic mass is 9.99. The number of hydrogen-bond acceptors (Lipinski definition) is 6. The molecule has 5 rings (SSSR count). The number of pyridine rings is 2. The lowest BCUT2D eigenvalue weighted by molar-refractivity contribution is 0.252. The van der Waals surface area contributed by atoms with E-state index in [9.17, 15) is 4.79 Å². The van der Waals surface area contributed by atoms with Crippen molar-refractivity contribution in [2.45, 2.75) is 38.6 Å². The molecule has 2 fully saturated rings. The Labute approximate surface area is 183 Å². The zero-order valence-corrected chi connectivity index (χ0v) is 18.3. The molecule has 2 amide bonds. The van der Waals surface area contributed by atoms with Crippen molar-refractivity contribution in [2.75, 3.05) is 53.3 Å². The summed E-state index contributed by atoms with van der Waals surface area (Å²) in [5.74, 6) is 3.00. The fraction of sp³-hybridized carbons (Fsp3) is 0.522. The van der Waals surface area contributed by atoms with Crippen molar-refractivity contribution in [3.05, 3.63) is 30.6 Å². The van der Waals surface area contributed by atoms with E-state index >= 15 is 0 Å². The molecule has 0 aliphatic carbocycles. The number of nitrogens with zero attached hydrogens (tertiary/aromatic N) is 5. The number of nitrogens with one attached hydrogen (secondary N) is 1. The molecule has 3 aliphatic rings. The van der Waals surface area contributed by atoms with E-state index in [1.54, 1.807) is 25.6 Å². The van der Waals surface area contributed by atoms with E-state index in [2.05, 4.69) is 39.2 Å². The number of carbonyl (C=O) groups excluding carboxylic acids is 1. The topological polar surface area (TPSA) is 73.8 Å². The minimum Gasteiger partial charge on any atom is -0.495 e. The Morgan fingerprint density at radius 3 is 2.81 bits per heavy atom. The van der Waals surface area contributed by atoms with Gasteiger partial charge in [0, 0.05) is 32.2 Å². The highest BCUT2D eigenvalue weighted by Gasteiger charge is 2.38. The molecule has 2 bridgehead atoms. The molecule has 1 N–H and O–H groups in total. The van der Waals surface area contributed by atoms with E-state index in [0.717, 1.165) is 56.3 Å². The number of rotatable bonds is 3. The molecular formula is C23H30N6O2. The van der Waals surface area contributed by atoms with Gasteiger partial charge in [0.15, 0.2) is 5.82 Å². The van der Waals surface area contributed by atoms with Gasteiger partial charge in [0.05, 0.1) is 36.9 Å². The highest BCUT2D eigenvalue weighted by Crippen LogP contribution is 2.40.